The standard InChI is InChI=1S/C11H18N4/c1-14-2-4-15(5-3-14)11-6-10(7-12)8-13-9-11/h6,8-9H,2-5,7,12H2,1H3. The molecule has 1 fully saturated rings. The molecular weight excluding hydrogens is 188 g/mol. The van der Waals surface area contributed by atoms with E-state index in [9.17, 15) is 0 Å². The molecule has 0 amide bonds. The summed E-state index contributed by atoms with van der Waals surface area (Å²) in [5.41, 5.74) is 7.91. The van der Waals surface area contributed by atoms with Crippen LogP contribution in [0, 0.1) is 0 Å². The summed E-state index contributed by atoms with van der Waals surface area (Å²) < 4.78 is 0. The Hall–Kier alpha value is -1.13. The lowest BCUT2D eigenvalue weighted by Gasteiger charge is -2.33. The maximum absolute atomic E-state index is 5.60. The highest BCUT2D eigenvalue weighted by Crippen LogP contribution is 2.15. The van der Waals surface area contributed by atoms with Gasteiger partial charge in [-0.25, -0.2) is 0 Å². The second kappa shape index (κ2) is 4.59. The quantitative estimate of drug-likeness (QED) is 0.755. The van der Waals surface area contributed by atoms with Crippen LogP contribution < -0.4 is 10.6 Å². The Labute approximate surface area is 90.7 Å². The number of rotatable bonds is 2. The van der Waals surface area contributed by atoms with Crippen LogP contribution in [0.3, 0.4) is 0 Å². The van der Waals surface area contributed by atoms with Gasteiger partial charge in [-0.1, -0.05) is 0 Å². The minimum absolute atomic E-state index is 0.564. The maximum atomic E-state index is 5.60. The lowest BCUT2D eigenvalue weighted by atomic mass is 10.2. The molecule has 1 aromatic heterocycles. The zero-order valence-corrected chi connectivity index (χ0v) is 9.19. The van der Waals surface area contributed by atoms with Crippen molar-refractivity contribution in [3.8, 4) is 0 Å². The molecule has 2 rings (SSSR count). The number of piperazine rings is 1. The fourth-order valence-electron chi connectivity index (χ4n) is 1.82. The van der Waals surface area contributed by atoms with Crippen molar-refractivity contribution in [2.45, 2.75) is 6.54 Å². The van der Waals surface area contributed by atoms with E-state index in [-0.39, 0.29) is 0 Å². The zero-order valence-electron chi connectivity index (χ0n) is 9.19. The number of nitrogens with two attached hydrogens (primary N) is 1. The SMILES string of the molecule is CN1CCN(c2cncc(CN)c2)CC1. The van der Waals surface area contributed by atoms with Gasteiger partial charge in [-0.15, -0.1) is 0 Å². The van der Waals surface area contributed by atoms with Crippen LogP contribution in [0.15, 0.2) is 18.5 Å². The first-order valence-electron chi connectivity index (χ1n) is 5.37. The molecule has 4 nitrogen and oxygen atoms in total. The van der Waals surface area contributed by atoms with Crippen LogP contribution in [0.5, 0.6) is 0 Å². The van der Waals surface area contributed by atoms with E-state index in [1.165, 1.54) is 5.69 Å². The molecule has 2 N–H and O–H groups in total. The van der Waals surface area contributed by atoms with Crippen molar-refractivity contribution in [2.24, 2.45) is 5.73 Å². The predicted octanol–water partition coefficient (Wildman–Crippen LogP) is 0.292. The van der Waals surface area contributed by atoms with Crippen molar-refractivity contribution in [2.75, 3.05) is 38.1 Å². The fraction of sp³-hybridized carbons (Fsp3) is 0.545. The second-order valence-electron chi connectivity index (χ2n) is 4.05. The minimum atomic E-state index is 0.564. The van der Waals surface area contributed by atoms with Gasteiger partial charge in [0.05, 0.1) is 11.9 Å². The zero-order chi connectivity index (χ0) is 10.7. The van der Waals surface area contributed by atoms with Crippen LogP contribution in [0.4, 0.5) is 5.69 Å². The Morgan fingerprint density at radius 1 is 1.27 bits per heavy atom. The highest BCUT2D eigenvalue weighted by Gasteiger charge is 2.14. The highest BCUT2D eigenvalue weighted by molar-refractivity contribution is 5.46. The van der Waals surface area contributed by atoms with Crippen LogP contribution in [0.25, 0.3) is 0 Å². The molecule has 0 spiro atoms. The molecule has 4 heteroatoms. The first kappa shape index (κ1) is 10.4. The van der Waals surface area contributed by atoms with Gasteiger partial charge in [-0.2, -0.15) is 0 Å². The molecule has 82 valence electrons. The summed E-state index contributed by atoms with van der Waals surface area (Å²) in [6.07, 6.45) is 3.75. The van der Waals surface area contributed by atoms with Gasteiger partial charge >= 0.3 is 0 Å². The maximum Gasteiger partial charge on any atom is 0.0556 e. The highest BCUT2D eigenvalue weighted by atomic mass is 15.2. The Morgan fingerprint density at radius 2 is 2.00 bits per heavy atom. The molecular formula is C11H18N4. The van der Waals surface area contributed by atoms with Crippen molar-refractivity contribution in [1.82, 2.24) is 9.88 Å². The molecule has 0 saturated carbocycles. The van der Waals surface area contributed by atoms with Crippen molar-refractivity contribution >= 4 is 5.69 Å². The van der Waals surface area contributed by atoms with Crippen LogP contribution in [-0.4, -0.2) is 43.1 Å². The van der Waals surface area contributed by atoms with Crippen molar-refractivity contribution in [3.63, 3.8) is 0 Å². The number of hydrogen-bond donors (Lipinski definition) is 1. The molecule has 0 unspecified atom stereocenters. The number of nitrogens with zero attached hydrogens (tertiary/aromatic N) is 3. The summed E-state index contributed by atoms with van der Waals surface area (Å²) in [6.45, 7) is 4.95. The van der Waals surface area contributed by atoms with E-state index in [4.69, 9.17) is 5.73 Å². The van der Waals surface area contributed by atoms with Gasteiger partial charge in [0.15, 0.2) is 0 Å². The summed E-state index contributed by atoms with van der Waals surface area (Å²) in [4.78, 5) is 8.93. The predicted molar refractivity (Wildman–Crippen MR) is 61.8 cm³/mol. The van der Waals surface area contributed by atoms with Crippen LogP contribution in [-0.2, 0) is 6.54 Å². The Balaban J connectivity index is 2.08. The van der Waals surface area contributed by atoms with Crippen molar-refractivity contribution in [1.29, 1.82) is 0 Å². The number of hydrogen-bond acceptors (Lipinski definition) is 4. The first-order valence-corrected chi connectivity index (χ1v) is 5.37. The van der Waals surface area contributed by atoms with Crippen LogP contribution >= 0.6 is 0 Å². The van der Waals surface area contributed by atoms with Crippen LogP contribution in [0.2, 0.25) is 0 Å². The van der Waals surface area contributed by atoms with Gasteiger partial charge in [0.1, 0.15) is 0 Å². The summed E-state index contributed by atoms with van der Waals surface area (Å²) in [5, 5.41) is 0. The first-order chi connectivity index (χ1) is 7.29. The third-order valence-corrected chi connectivity index (χ3v) is 2.88. The van der Waals surface area contributed by atoms with Gasteiger partial charge in [0.25, 0.3) is 0 Å². The third-order valence-electron chi connectivity index (χ3n) is 2.88. The number of pyridine rings is 1. The fourth-order valence-corrected chi connectivity index (χ4v) is 1.82. The molecule has 0 radical (unpaired) electrons. The molecule has 2 heterocycles. The van der Waals surface area contributed by atoms with Crippen LogP contribution in [0.1, 0.15) is 5.56 Å². The third kappa shape index (κ3) is 2.46. The molecule has 0 bridgehead atoms. The molecule has 1 aromatic rings. The van der Waals surface area contributed by atoms with E-state index < -0.39 is 0 Å². The smallest absolute Gasteiger partial charge is 0.0556 e. The van der Waals surface area contributed by atoms with Crippen molar-refractivity contribution < 1.29 is 0 Å². The average Bonchev–Trinajstić information content (AvgIpc) is 2.30. The Kier molecular flexibility index (Phi) is 3.18. The van der Waals surface area contributed by atoms with Crippen molar-refractivity contribution in [3.05, 3.63) is 24.0 Å². The van der Waals surface area contributed by atoms with E-state index in [0.29, 0.717) is 6.54 Å². The number of aromatic nitrogens is 1. The molecule has 1 saturated heterocycles. The molecule has 0 atom stereocenters. The molecule has 0 aliphatic carbocycles. The molecule has 0 aromatic carbocycles. The van der Waals surface area contributed by atoms with Gasteiger partial charge < -0.3 is 15.5 Å². The summed E-state index contributed by atoms with van der Waals surface area (Å²) in [6, 6.07) is 2.14. The largest absolute Gasteiger partial charge is 0.368 e. The summed E-state index contributed by atoms with van der Waals surface area (Å²) in [7, 11) is 2.16. The Bertz CT molecular complexity index is 318. The lowest BCUT2D eigenvalue weighted by Crippen LogP contribution is -2.44. The van der Waals surface area contributed by atoms with Gasteiger partial charge in [-0.05, 0) is 18.7 Å². The molecule has 15 heavy (non-hydrogen) atoms. The summed E-state index contributed by atoms with van der Waals surface area (Å²) in [5.74, 6) is 0. The van der Waals surface area contributed by atoms with E-state index in [0.717, 1.165) is 31.7 Å². The minimum Gasteiger partial charge on any atom is -0.368 e. The van der Waals surface area contributed by atoms with E-state index in [1.807, 2.05) is 12.4 Å². The second-order valence-corrected chi connectivity index (χ2v) is 4.05. The van der Waals surface area contributed by atoms with E-state index >= 15 is 0 Å². The van der Waals surface area contributed by atoms with E-state index in [1.54, 1.807) is 0 Å². The number of likely N-dealkylation sites (N-methyl/N-ethyl adjacent to an activating group) is 1. The molecule has 1 aliphatic heterocycles. The van der Waals surface area contributed by atoms with Gasteiger partial charge in [-0.3, -0.25) is 4.98 Å². The Morgan fingerprint density at radius 3 is 2.67 bits per heavy atom. The van der Waals surface area contributed by atoms with Gasteiger partial charge in [0.2, 0.25) is 0 Å². The normalized spacial score (nSPS) is 18.1. The number of anilines is 1. The average molecular weight is 206 g/mol. The van der Waals surface area contributed by atoms with E-state index in [2.05, 4.69) is 27.9 Å². The molecule has 1 aliphatic rings. The lowest BCUT2D eigenvalue weighted by molar-refractivity contribution is 0.313. The monoisotopic (exact) mass is 206 g/mol. The topological polar surface area (TPSA) is 45.4 Å². The van der Waals surface area contributed by atoms with Gasteiger partial charge in [0, 0.05) is 38.9 Å². The summed E-state index contributed by atoms with van der Waals surface area (Å²) >= 11 is 0.